The van der Waals surface area contributed by atoms with Crippen molar-refractivity contribution in [3.8, 4) is 11.5 Å². The lowest BCUT2D eigenvalue weighted by molar-refractivity contribution is -0.384. The second kappa shape index (κ2) is 11.1. The first-order valence-corrected chi connectivity index (χ1v) is 11.6. The lowest BCUT2D eigenvalue weighted by Crippen LogP contribution is -2.54. The van der Waals surface area contributed by atoms with E-state index in [-0.39, 0.29) is 34.4 Å². The van der Waals surface area contributed by atoms with Gasteiger partial charge >= 0.3 is 12.2 Å². The van der Waals surface area contributed by atoms with Crippen LogP contribution >= 0.6 is 11.6 Å². The molecule has 0 aliphatic carbocycles. The normalized spacial score (nSPS) is 14.8. The molecule has 0 atom stereocenters. The third-order valence-corrected chi connectivity index (χ3v) is 5.95. The molecule has 10 nitrogen and oxygen atoms in total. The van der Waals surface area contributed by atoms with Crippen LogP contribution in [-0.4, -0.2) is 29.9 Å². The van der Waals surface area contributed by atoms with Gasteiger partial charge in [-0.15, -0.1) is 0 Å². The fraction of sp³-hybridized carbons (Fsp3) is 0.115. The van der Waals surface area contributed by atoms with Crippen LogP contribution in [0.15, 0.2) is 66.2 Å². The number of hydrogen-bond acceptors (Lipinski definition) is 7. The maximum atomic E-state index is 13.2. The number of nitrogens with zero attached hydrogens (tertiary/aromatic N) is 2. The van der Waals surface area contributed by atoms with Crippen LogP contribution in [0.25, 0.3) is 6.08 Å². The molecule has 4 rings (SSSR count). The van der Waals surface area contributed by atoms with Gasteiger partial charge in [0, 0.05) is 12.1 Å². The summed E-state index contributed by atoms with van der Waals surface area (Å²) in [5.74, 6) is -1.85. The Kier molecular flexibility index (Phi) is 7.77. The molecule has 0 saturated carbocycles. The topological polar surface area (TPSA) is 128 Å². The van der Waals surface area contributed by atoms with E-state index in [0.29, 0.717) is 22.6 Å². The summed E-state index contributed by atoms with van der Waals surface area (Å²) >= 11 is 6.00. The monoisotopic (exact) mass is 575 g/mol. The van der Waals surface area contributed by atoms with E-state index in [9.17, 15) is 37.7 Å². The van der Waals surface area contributed by atoms with E-state index < -0.39 is 45.8 Å². The Morgan fingerprint density at radius 2 is 1.80 bits per heavy atom. The highest BCUT2D eigenvalue weighted by molar-refractivity contribution is 6.42. The summed E-state index contributed by atoms with van der Waals surface area (Å²) in [6, 6.07) is 11.0. The zero-order valence-corrected chi connectivity index (χ0v) is 21.1. The highest BCUT2D eigenvalue weighted by Crippen LogP contribution is 2.37. The van der Waals surface area contributed by atoms with Gasteiger partial charge in [-0.1, -0.05) is 29.8 Å². The number of hydrogen-bond donors (Lipinski definition) is 1. The fourth-order valence-corrected chi connectivity index (χ4v) is 3.92. The number of benzene rings is 3. The average Bonchev–Trinajstić information content (AvgIpc) is 2.90. The molecular formula is C26H17ClF3N3O7. The molecular weight excluding hydrogens is 559 g/mol. The molecule has 0 aromatic heterocycles. The van der Waals surface area contributed by atoms with Gasteiger partial charge in [0.15, 0.2) is 11.5 Å². The minimum Gasteiger partial charge on any atom is -0.493 e. The minimum atomic E-state index is -4.78. The predicted octanol–water partition coefficient (Wildman–Crippen LogP) is 5.52. The van der Waals surface area contributed by atoms with E-state index in [0.717, 1.165) is 12.1 Å². The number of amides is 4. The molecule has 1 heterocycles. The number of carbonyl (C=O) groups excluding carboxylic acids is 3. The first-order chi connectivity index (χ1) is 18.9. The van der Waals surface area contributed by atoms with E-state index in [4.69, 9.17) is 21.1 Å². The average molecular weight is 576 g/mol. The number of urea groups is 1. The van der Waals surface area contributed by atoms with Gasteiger partial charge in [0.05, 0.1) is 28.3 Å². The number of imide groups is 2. The van der Waals surface area contributed by atoms with Crippen LogP contribution in [0.1, 0.15) is 16.7 Å². The van der Waals surface area contributed by atoms with Gasteiger partial charge in [-0.05, 0) is 47.5 Å². The van der Waals surface area contributed by atoms with Gasteiger partial charge < -0.3 is 9.47 Å². The summed E-state index contributed by atoms with van der Waals surface area (Å²) in [6.45, 7) is -0.0335. The van der Waals surface area contributed by atoms with Crippen molar-refractivity contribution in [1.29, 1.82) is 0 Å². The highest BCUT2D eigenvalue weighted by atomic mass is 35.5. The van der Waals surface area contributed by atoms with Crippen LogP contribution in [-0.2, 0) is 22.4 Å². The first kappa shape index (κ1) is 28.1. The number of carbonyl (C=O) groups is 3. The Labute approximate surface area is 228 Å². The van der Waals surface area contributed by atoms with E-state index in [1.165, 1.54) is 43.5 Å². The molecule has 1 aliphatic heterocycles. The summed E-state index contributed by atoms with van der Waals surface area (Å²) in [5.41, 5.74) is -1.60. The van der Waals surface area contributed by atoms with Crippen LogP contribution in [0.5, 0.6) is 11.5 Å². The van der Waals surface area contributed by atoms with E-state index >= 15 is 0 Å². The summed E-state index contributed by atoms with van der Waals surface area (Å²) in [5, 5.41) is 12.6. The SMILES string of the molecule is COc1cc(/C=C2/C(=O)NC(=O)N(c3cc(C(F)(F)F)ccc3Cl)C2=O)ccc1OCc1cccc([N+](=O)[O-])c1. The number of ether oxygens (including phenoxy) is 2. The van der Waals surface area contributed by atoms with Crippen molar-refractivity contribution >= 4 is 46.9 Å². The molecule has 3 aromatic carbocycles. The maximum Gasteiger partial charge on any atom is 0.416 e. The van der Waals surface area contributed by atoms with Crippen LogP contribution in [0, 0.1) is 10.1 Å². The number of nitro benzene ring substituents is 1. The van der Waals surface area contributed by atoms with Gasteiger partial charge in [0.2, 0.25) is 0 Å². The smallest absolute Gasteiger partial charge is 0.416 e. The number of alkyl halides is 3. The molecule has 0 bridgehead atoms. The van der Waals surface area contributed by atoms with Crippen molar-refractivity contribution in [2.75, 3.05) is 12.0 Å². The number of non-ortho nitro benzene ring substituents is 1. The molecule has 14 heteroatoms. The zero-order chi connectivity index (χ0) is 29.2. The molecule has 3 aromatic rings. The molecule has 0 unspecified atom stereocenters. The summed E-state index contributed by atoms with van der Waals surface area (Å²) in [6.07, 6.45) is -3.66. The van der Waals surface area contributed by atoms with E-state index in [2.05, 4.69) is 0 Å². The van der Waals surface area contributed by atoms with Crippen LogP contribution < -0.4 is 19.7 Å². The Bertz CT molecular complexity index is 1570. The summed E-state index contributed by atoms with van der Waals surface area (Å²) in [4.78, 5) is 48.9. The second-order valence-electron chi connectivity index (χ2n) is 8.25. The minimum absolute atomic E-state index is 0.0335. The van der Waals surface area contributed by atoms with Crippen LogP contribution in [0.4, 0.5) is 29.3 Å². The Morgan fingerprint density at radius 3 is 2.48 bits per heavy atom. The molecule has 0 radical (unpaired) electrons. The van der Waals surface area contributed by atoms with Crippen molar-refractivity contribution in [3.63, 3.8) is 0 Å². The third-order valence-electron chi connectivity index (χ3n) is 5.63. The molecule has 0 spiro atoms. The largest absolute Gasteiger partial charge is 0.493 e. The van der Waals surface area contributed by atoms with Crippen LogP contribution in [0.2, 0.25) is 5.02 Å². The van der Waals surface area contributed by atoms with Crippen LogP contribution in [0.3, 0.4) is 0 Å². The van der Waals surface area contributed by atoms with Gasteiger partial charge in [0.1, 0.15) is 12.2 Å². The van der Waals surface area contributed by atoms with Crippen molar-refractivity contribution in [3.05, 3.63) is 98.1 Å². The third kappa shape index (κ3) is 5.89. The number of barbiturate groups is 1. The van der Waals surface area contributed by atoms with Gasteiger partial charge in [-0.25, -0.2) is 9.69 Å². The number of halogens is 4. The van der Waals surface area contributed by atoms with E-state index in [1.54, 1.807) is 6.07 Å². The Balaban J connectivity index is 1.62. The molecule has 40 heavy (non-hydrogen) atoms. The number of anilines is 1. The Hall–Kier alpha value is -4.91. The Morgan fingerprint density at radius 1 is 1.05 bits per heavy atom. The lowest BCUT2D eigenvalue weighted by atomic mass is 10.1. The lowest BCUT2D eigenvalue weighted by Gasteiger charge is -2.27. The molecule has 1 saturated heterocycles. The second-order valence-corrected chi connectivity index (χ2v) is 8.65. The quantitative estimate of drug-likeness (QED) is 0.170. The molecule has 1 aliphatic rings. The van der Waals surface area contributed by atoms with Crippen molar-refractivity contribution in [2.45, 2.75) is 12.8 Å². The zero-order valence-electron chi connectivity index (χ0n) is 20.3. The van der Waals surface area contributed by atoms with Crippen molar-refractivity contribution < 1.29 is 42.0 Å². The molecule has 206 valence electrons. The summed E-state index contributed by atoms with van der Waals surface area (Å²) < 4.78 is 50.7. The molecule has 1 N–H and O–H groups in total. The fourth-order valence-electron chi connectivity index (χ4n) is 3.72. The van der Waals surface area contributed by atoms with E-state index in [1.807, 2.05) is 5.32 Å². The highest BCUT2D eigenvalue weighted by Gasteiger charge is 2.39. The predicted molar refractivity (Wildman–Crippen MR) is 136 cm³/mol. The summed E-state index contributed by atoms with van der Waals surface area (Å²) in [7, 11) is 1.33. The number of nitro groups is 1. The molecule has 1 fully saturated rings. The van der Waals surface area contributed by atoms with Crippen molar-refractivity contribution in [2.24, 2.45) is 0 Å². The number of rotatable bonds is 7. The van der Waals surface area contributed by atoms with Crippen molar-refractivity contribution in [1.82, 2.24) is 5.32 Å². The standard InChI is InChI=1S/C26H17ClF3N3O7/c1-39-22-11-14(5-8-21(22)40-13-15-3-2-4-17(9-15)33(37)38)10-18-23(34)31-25(36)32(24(18)35)20-12-16(26(28,29)30)6-7-19(20)27/h2-12H,13H2,1H3,(H,31,34,36)/b18-10-. The molecule has 4 amide bonds. The van der Waals surface area contributed by atoms with Gasteiger partial charge in [0.25, 0.3) is 17.5 Å². The number of methoxy groups -OCH3 is 1. The van der Waals surface area contributed by atoms with Gasteiger partial charge in [-0.2, -0.15) is 13.2 Å². The maximum absolute atomic E-state index is 13.2. The number of nitrogens with one attached hydrogen (secondary N) is 1. The first-order valence-electron chi connectivity index (χ1n) is 11.2. The van der Waals surface area contributed by atoms with Gasteiger partial charge in [-0.3, -0.25) is 25.0 Å².